The minimum absolute atomic E-state index is 0. The fraction of sp³-hybridized carbons (Fsp3) is 0.842. The molecule has 5 nitrogen and oxygen atoms in total. The monoisotopic (exact) mass is 401 g/mol. The summed E-state index contributed by atoms with van der Waals surface area (Å²) >= 11 is 0. The van der Waals surface area contributed by atoms with E-state index in [2.05, 4.69) is 19.2 Å². The van der Waals surface area contributed by atoms with Gasteiger partial charge in [-0.2, -0.15) is 8.42 Å². The third-order valence-corrected chi connectivity index (χ3v) is 4.76. The number of hydrogen-bond acceptors (Lipinski definition) is 3. The van der Waals surface area contributed by atoms with E-state index in [1.807, 2.05) is 0 Å². The Hall–Kier alpha value is 0.120. The first-order valence-electron chi connectivity index (χ1n) is 9.70. The van der Waals surface area contributed by atoms with Crippen molar-refractivity contribution in [1.82, 2.24) is 0 Å². The van der Waals surface area contributed by atoms with Crippen LogP contribution in [0.3, 0.4) is 0 Å². The average Bonchev–Trinajstić information content (AvgIpc) is 2.54. The summed E-state index contributed by atoms with van der Waals surface area (Å²) in [7, 11) is -3.74. The Labute approximate surface area is 183 Å². The summed E-state index contributed by atoms with van der Waals surface area (Å²) in [6.45, 7) is 5.34. The van der Waals surface area contributed by atoms with Crippen molar-refractivity contribution in [3.05, 3.63) is 12.7 Å². The number of carbonyl (C=O) groups is 1. The Morgan fingerprint density at radius 1 is 0.846 bits per heavy atom. The molecule has 0 aliphatic rings. The van der Waals surface area contributed by atoms with Gasteiger partial charge in [-0.25, -0.2) is 0 Å². The first kappa shape index (κ1) is 30.8. The maximum atomic E-state index is 10.5. The summed E-state index contributed by atoms with van der Waals surface area (Å²) < 4.78 is 29.6. The van der Waals surface area contributed by atoms with Gasteiger partial charge in [0.25, 0.3) is 10.1 Å². The number of carbonyl (C=O) groups excluding carboxylic acids is 1. The molecule has 0 aromatic rings. The van der Waals surface area contributed by atoms with Crippen LogP contribution >= 0.6 is 0 Å². The van der Waals surface area contributed by atoms with Gasteiger partial charge in [0.2, 0.25) is 5.91 Å². The Bertz CT molecular complexity index is 414. The van der Waals surface area contributed by atoms with Gasteiger partial charge in [-0.1, -0.05) is 97.0 Å². The van der Waals surface area contributed by atoms with Crippen LogP contribution in [-0.4, -0.2) is 54.2 Å². The molecule has 0 aliphatic carbocycles. The van der Waals surface area contributed by atoms with Crippen LogP contribution in [-0.2, 0) is 14.9 Å². The summed E-state index contributed by atoms with van der Waals surface area (Å²) in [5, 5.41) is 0. The number of amides is 1. The average molecular weight is 402 g/mol. The molecule has 26 heavy (non-hydrogen) atoms. The zero-order valence-electron chi connectivity index (χ0n) is 16.0. The van der Waals surface area contributed by atoms with Crippen molar-refractivity contribution in [3.8, 4) is 0 Å². The van der Waals surface area contributed by atoms with Crippen LogP contribution in [0.4, 0.5) is 0 Å². The van der Waals surface area contributed by atoms with Crippen molar-refractivity contribution >= 4 is 45.6 Å². The summed E-state index contributed by atoms with van der Waals surface area (Å²) in [5.74, 6) is -0.560. The Balaban J connectivity index is -0.000000772. The fourth-order valence-corrected chi connectivity index (χ4v) is 3.05. The van der Waals surface area contributed by atoms with Gasteiger partial charge in [-0.15, -0.1) is 0 Å². The van der Waals surface area contributed by atoms with Gasteiger partial charge in [0.1, 0.15) is 0 Å². The van der Waals surface area contributed by atoms with Gasteiger partial charge in [0, 0.05) is 0 Å². The van der Waals surface area contributed by atoms with Gasteiger partial charge in [0.05, 0.1) is 5.75 Å². The second-order valence-electron chi connectivity index (χ2n) is 6.49. The normalized spacial score (nSPS) is 10.4. The zero-order valence-corrected chi connectivity index (χ0v) is 16.9. The Kier molecular flexibility index (Phi) is 27.5. The van der Waals surface area contributed by atoms with E-state index < -0.39 is 16.0 Å². The standard InChI is InChI=1S/C16H34O3S.C3H5NO.Na.H/c1-2-3-4-5-6-7-8-9-10-11-12-13-14-15-16-20(17,18)19;1-2-3(4)5;;/h2-16H2,1H3,(H,17,18,19);2H,1H2,(H2,4,5);;. The van der Waals surface area contributed by atoms with Gasteiger partial charge < -0.3 is 5.73 Å². The van der Waals surface area contributed by atoms with Crippen LogP contribution in [0.2, 0.25) is 0 Å². The minimum atomic E-state index is -3.74. The molecule has 0 aromatic heterocycles. The van der Waals surface area contributed by atoms with E-state index in [4.69, 9.17) is 4.55 Å². The van der Waals surface area contributed by atoms with Crippen LogP contribution in [0.25, 0.3) is 0 Å². The van der Waals surface area contributed by atoms with E-state index in [9.17, 15) is 13.2 Å². The van der Waals surface area contributed by atoms with E-state index in [0.29, 0.717) is 6.42 Å². The molecule has 0 aliphatic heterocycles. The molecule has 3 N–H and O–H groups in total. The molecule has 0 atom stereocenters. The summed E-state index contributed by atoms with van der Waals surface area (Å²) in [6.07, 6.45) is 18.4. The molecule has 0 saturated carbocycles. The summed E-state index contributed by atoms with van der Waals surface area (Å²) in [4.78, 5) is 9.47. The molecular formula is C19H40NNaO4S. The third-order valence-electron chi connectivity index (χ3n) is 3.96. The number of primary amides is 1. The molecule has 0 rings (SSSR count). The predicted octanol–water partition coefficient (Wildman–Crippen LogP) is 4.36. The van der Waals surface area contributed by atoms with E-state index >= 15 is 0 Å². The predicted molar refractivity (Wildman–Crippen MR) is 113 cm³/mol. The molecule has 152 valence electrons. The molecule has 0 unspecified atom stereocenters. The van der Waals surface area contributed by atoms with Crippen molar-refractivity contribution in [2.75, 3.05) is 5.75 Å². The van der Waals surface area contributed by atoms with Crippen LogP contribution in [0.5, 0.6) is 0 Å². The zero-order chi connectivity index (χ0) is 19.4. The Morgan fingerprint density at radius 2 is 1.12 bits per heavy atom. The summed E-state index contributed by atoms with van der Waals surface area (Å²) in [6, 6.07) is 0. The van der Waals surface area contributed by atoms with Gasteiger partial charge >= 0.3 is 29.6 Å². The van der Waals surface area contributed by atoms with Crippen molar-refractivity contribution in [3.63, 3.8) is 0 Å². The second kappa shape index (κ2) is 23.2. The van der Waals surface area contributed by atoms with Gasteiger partial charge in [-0.05, 0) is 12.5 Å². The van der Waals surface area contributed by atoms with E-state index in [1.165, 1.54) is 70.6 Å². The maximum absolute atomic E-state index is 10.5. The van der Waals surface area contributed by atoms with Crippen molar-refractivity contribution < 1.29 is 17.8 Å². The fourth-order valence-electron chi connectivity index (χ4n) is 2.48. The molecule has 0 bridgehead atoms. The number of nitrogens with two attached hydrogens (primary N) is 1. The van der Waals surface area contributed by atoms with Gasteiger partial charge in [-0.3, -0.25) is 9.35 Å². The second-order valence-corrected chi connectivity index (χ2v) is 8.06. The topological polar surface area (TPSA) is 97.5 Å². The quantitative estimate of drug-likeness (QED) is 0.174. The van der Waals surface area contributed by atoms with Crippen molar-refractivity contribution in [2.45, 2.75) is 96.8 Å². The molecule has 0 aromatic carbocycles. The van der Waals surface area contributed by atoms with Crippen LogP contribution in [0.15, 0.2) is 12.7 Å². The number of unbranched alkanes of at least 4 members (excludes halogenated alkanes) is 13. The summed E-state index contributed by atoms with van der Waals surface area (Å²) in [5.41, 5.74) is 4.53. The van der Waals surface area contributed by atoms with E-state index in [0.717, 1.165) is 18.9 Å². The first-order chi connectivity index (χ1) is 11.8. The van der Waals surface area contributed by atoms with E-state index in [-0.39, 0.29) is 35.3 Å². The SMILES string of the molecule is C=CC(N)=O.CCCCCCCCCCCCCCCCS(=O)(=O)O.[NaH]. The molecule has 0 heterocycles. The van der Waals surface area contributed by atoms with Crippen LogP contribution < -0.4 is 5.73 Å². The van der Waals surface area contributed by atoms with Crippen LogP contribution in [0.1, 0.15) is 96.8 Å². The molecular weight excluding hydrogens is 361 g/mol. The first-order valence-corrected chi connectivity index (χ1v) is 11.3. The number of rotatable bonds is 16. The van der Waals surface area contributed by atoms with Crippen molar-refractivity contribution in [1.29, 1.82) is 0 Å². The van der Waals surface area contributed by atoms with Crippen molar-refractivity contribution in [2.24, 2.45) is 5.73 Å². The molecule has 0 saturated heterocycles. The van der Waals surface area contributed by atoms with Crippen LogP contribution in [0, 0.1) is 0 Å². The third kappa shape index (κ3) is 35.3. The Morgan fingerprint density at radius 3 is 1.35 bits per heavy atom. The molecule has 7 heteroatoms. The van der Waals surface area contributed by atoms with Gasteiger partial charge in [0.15, 0.2) is 0 Å². The molecule has 0 spiro atoms. The van der Waals surface area contributed by atoms with E-state index in [1.54, 1.807) is 0 Å². The molecule has 1 amide bonds. The molecule has 0 fully saturated rings. The molecule has 0 radical (unpaired) electrons. The number of hydrogen-bond donors (Lipinski definition) is 2.